The van der Waals surface area contributed by atoms with Crippen molar-refractivity contribution < 1.29 is 14.3 Å². The topological polar surface area (TPSA) is 80.3 Å². The molecule has 116 valence electrons. The molecule has 0 saturated carbocycles. The van der Waals surface area contributed by atoms with Crippen molar-refractivity contribution in [2.24, 2.45) is 0 Å². The van der Waals surface area contributed by atoms with E-state index < -0.39 is 6.09 Å². The lowest BCUT2D eigenvalue weighted by Crippen LogP contribution is -2.16. The number of benzene rings is 1. The lowest BCUT2D eigenvalue weighted by Gasteiger charge is -2.08. The maximum atomic E-state index is 12.1. The summed E-state index contributed by atoms with van der Waals surface area (Å²) in [4.78, 5) is 27.3. The number of aromatic nitrogens is 1. The molecule has 6 nitrogen and oxygen atoms in total. The van der Waals surface area contributed by atoms with Gasteiger partial charge in [-0.1, -0.05) is 25.1 Å². The van der Waals surface area contributed by atoms with Crippen molar-refractivity contribution in [3.8, 4) is 0 Å². The second kappa shape index (κ2) is 7.56. The van der Waals surface area contributed by atoms with Crippen LogP contribution in [0.25, 0.3) is 0 Å². The molecule has 1 aromatic heterocycles. The number of anilines is 2. The molecule has 0 aliphatic carbocycles. The average molecular weight is 319 g/mol. The fraction of sp³-hybridized carbons (Fsp3) is 0.267. The molecule has 0 saturated heterocycles. The second-order valence-corrected chi connectivity index (χ2v) is 5.35. The van der Waals surface area contributed by atoms with Crippen molar-refractivity contribution >= 4 is 34.2 Å². The largest absolute Gasteiger partial charge is 0.453 e. The molecule has 2 amide bonds. The third-order valence-corrected chi connectivity index (χ3v) is 3.77. The van der Waals surface area contributed by atoms with Crippen LogP contribution in [0.15, 0.2) is 29.6 Å². The summed E-state index contributed by atoms with van der Waals surface area (Å²) in [5.41, 5.74) is 2.50. The number of amides is 2. The summed E-state index contributed by atoms with van der Waals surface area (Å²) in [5.74, 6) is -0.143. The summed E-state index contributed by atoms with van der Waals surface area (Å²) in [6.07, 6.45) is 0.416. The fourth-order valence-corrected chi connectivity index (χ4v) is 2.59. The molecule has 1 aromatic carbocycles. The Morgan fingerprint density at radius 2 is 2.05 bits per heavy atom. The van der Waals surface area contributed by atoms with Gasteiger partial charge >= 0.3 is 6.09 Å². The first-order chi connectivity index (χ1) is 10.6. The van der Waals surface area contributed by atoms with Gasteiger partial charge in [0.15, 0.2) is 5.13 Å². The monoisotopic (exact) mass is 319 g/mol. The van der Waals surface area contributed by atoms with Gasteiger partial charge in [0.1, 0.15) is 0 Å². The first-order valence-corrected chi connectivity index (χ1v) is 7.67. The van der Waals surface area contributed by atoms with Crippen LogP contribution in [0, 0.1) is 0 Å². The number of thiazole rings is 1. The van der Waals surface area contributed by atoms with Crippen molar-refractivity contribution in [3.63, 3.8) is 0 Å². The zero-order valence-corrected chi connectivity index (χ0v) is 13.2. The maximum absolute atomic E-state index is 12.1. The molecule has 7 heteroatoms. The summed E-state index contributed by atoms with van der Waals surface area (Å²) in [7, 11) is 1.28. The number of para-hydroxylation sites is 1. The van der Waals surface area contributed by atoms with Gasteiger partial charge in [0.05, 0.1) is 19.2 Å². The standard InChI is InChI=1S/C15H17N3O3S/c1-3-10-6-4-5-7-12(10)17-13(19)8-11-9-22-14(16-11)18-15(20)21-2/h4-7,9H,3,8H2,1-2H3,(H,17,19)(H,16,18,20). The van der Waals surface area contributed by atoms with E-state index in [0.717, 1.165) is 17.7 Å². The van der Waals surface area contributed by atoms with Gasteiger partial charge in [-0.05, 0) is 18.1 Å². The molecule has 0 atom stereocenters. The second-order valence-electron chi connectivity index (χ2n) is 4.50. The Morgan fingerprint density at radius 3 is 2.77 bits per heavy atom. The van der Waals surface area contributed by atoms with Crippen LogP contribution in [0.2, 0.25) is 0 Å². The lowest BCUT2D eigenvalue weighted by molar-refractivity contribution is -0.115. The third kappa shape index (κ3) is 4.29. The quantitative estimate of drug-likeness (QED) is 0.887. The highest BCUT2D eigenvalue weighted by atomic mass is 32.1. The van der Waals surface area contributed by atoms with Crippen LogP contribution >= 0.6 is 11.3 Å². The van der Waals surface area contributed by atoms with E-state index in [1.807, 2.05) is 31.2 Å². The molecule has 0 unspecified atom stereocenters. The van der Waals surface area contributed by atoms with Crippen molar-refractivity contribution in [2.75, 3.05) is 17.7 Å². The number of carbonyl (C=O) groups is 2. The summed E-state index contributed by atoms with van der Waals surface area (Å²) in [5, 5.41) is 7.49. The maximum Gasteiger partial charge on any atom is 0.413 e. The highest BCUT2D eigenvalue weighted by Crippen LogP contribution is 2.18. The van der Waals surface area contributed by atoms with Gasteiger partial charge in [0.2, 0.25) is 5.91 Å². The molecule has 0 aliphatic rings. The molecule has 0 fully saturated rings. The minimum absolute atomic E-state index is 0.143. The normalized spacial score (nSPS) is 10.1. The molecule has 1 heterocycles. The van der Waals surface area contributed by atoms with Crippen LogP contribution in [0.3, 0.4) is 0 Å². The predicted molar refractivity (Wildman–Crippen MR) is 86.3 cm³/mol. The summed E-state index contributed by atoms with van der Waals surface area (Å²) < 4.78 is 4.49. The van der Waals surface area contributed by atoms with Crippen LogP contribution < -0.4 is 10.6 Å². The van der Waals surface area contributed by atoms with E-state index in [1.54, 1.807) is 5.38 Å². The Balaban J connectivity index is 1.96. The minimum atomic E-state index is -0.581. The number of carbonyl (C=O) groups excluding carboxylic acids is 2. The first-order valence-electron chi connectivity index (χ1n) is 6.79. The molecular formula is C15H17N3O3S. The third-order valence-electron chi connectivity index (χ3n) is 2.96. The average Bonchev–Trinajstić information content (AvgIpc) is 2.94. The molecule has 2 rings (SSSR count). The van der Waals surface area contributed by atoms with Gasteiger partial charge in [-0.2, -0.15) is 0 Å². The van der Waals surface area contributed by atoms with Crippen molar-refractivity contribution in [1.29, 1.82) is 0 Å². The van der Waals surface area contributed by atoms with E-state index in [9.17, 15) is 9.59 Å². The number of nitrogens with zero attached hydrogens (tertiary/aromatic N) is 1. The molecule has 0 radical (unpaired) electrons. The minimum Gasteiger partial charge on any atom is -0.453 e. The summed E-state index contributed by atoms with van der Waals surface area (Å²) in [6, 6.07) is 7.69. The number of hydrogen-bond acceptors (Lipinski definition) is 5. The van der Waals surface area contributed by atoms with Gasteiger partial charge in [-0.3, -0.25) is 10.1 Å². The highest BCUT2D eigenvalue weighted by molar-refractivity contribution is 7.13. The number of nitrogens with one attached hydrogen (secondary N) is 2. The van der Waals surface area contributed by atoms with Gasteiger partial charge in [-0.25, -0.2) is 9.78 Å². The fourth-order valence-electron chi connectivity index (χ4n) is 1.89. The van der Waals surface area contributed by atoms with Crippen molar-refractivity contribution in [3.05, 3.63) is 40.9 Å². The van der Waals surface area contributed by atoms with E-state index >= 15 is 0 Å². The number of aryl methyl sites for hydroxylation is 1. The zero-order valence-electron chi connectivity index (χ0n) is 12.4. The Morgan fingerprint density at radius 1 is 1.27 bits per heavy atom. The van der Waals surface area contributed by atoms with Gasteiger partial charge in [-0.15, -0.1) is 11.3 Å². The van der Waals surface area contributed by atoms with Crippen LogP contribution in [-0.4, -0.2) is 24.1 Å². The lowest BCUT2D eigenvalue weighted by atomic mass is 10.1. The predicted octanol–water partition coefficient (Wildman–Crippen LogP) is 3.07. The van der Waals surface area contributed by atoms with E-state index in [0.29, 0.717) is 10.8 Å². The highest BCUT2D eigenvalue weighted by Gasteiger charge is 2.11. The van der Waals surface area contributed by atoms with Crippen LogP contribution in [0.4, 0.5) is 15.6 Å². The van der Waals surface area contributed by atoms with Crippen LogP contribution in [-0.2, 0) is 22.4 Å². The summed E-state index contributed by atoms with van der Waals surface area (Å²) >= 11 is 1.25. The Kier molecular flexibility index (Phi) is 5.48. The number of methoxy groups -OCH3 is 1. The molecular weight excluding hydrogens is 302 g/mol. The SMILES string of the molecule is CCc1ccccc1NC(=O)Cc1csc(NC(=O)OC)n1. The van der Waals surface area contributed by atoms with E-state index in [4.69, 9.17) is 0 Å². The molecule has 2 N–H and O–H groups in total. The molecule has 0 spiro atoms. The number of hydrogen-bond donors (Lipinski definition) is 2. The number of ether oxygens (including phenoxy) is 1. The van der Waals surface area contributed by atoms with Crippen LogP contribution in [0.1, 0.15) is 18.2 Å². The van der Waals surface area contributed by atoms with E-state index in [2.05, 4.69) is 20.4 Å². The van der Waals surface area contributed by atoms with Gasteiger partial charge < -0.3 is 10.1 Å². The molecule has 22 heavy (non-hydrogen) atoms. The molecule has 2 aromatic rings. The molecule has 0 aliphatic heterocycles. The Labute approximate surface area is 132 Å². The van der Waals surface area contributed by atoms with Crippen molar-refractivity contribution in [2.45, 2.75) is 19.8 Å². The van der Waals surface area contributed by atoms with Crippen LogP contribution in [0.5, 0.6) is 0 Å². The smallest absolute Gasteiger partial charge is 0.413 e. The Hall–Kier alpha value is -2.41. The zero-order chi connectivity index (χ0) is 15.9. The molecule has 0 bridgehead atoms. The Bertz CT molecular complexity index is 670. The summed E-state index contributed by atoms with van der Waals surface area (Å²) in [6.45, 7) is 2.04. The van der Waals surface area contributed by atoms with Gasteiger partial charge in [0, 0.05) is 11.1 Å². The first kappa shape index (κ1) is 16.0. The van der Waals surface area contributed by atoms with E-state index in [-0.39, 0.29) is 12.3 Å². The van der Waals surface area contributed by atoms with Gasteiger partial charge in [0.25, 0.3) is 0 Å². The number of rotatable bonds is 5. The van der Waals surface area contributed by atoms with Crippen molar-refractivity contribution in [1.82, 2.24) is 4.98 Å². The van der Waals surface area contributed by atoms with E-state index in [1.165, 1.54) is 18.4 Å².